The van der Waals surface area contributed by atoms with Crippen LogP contribution in [0.5, 0.6) is 0 Å². The van der Waals surface area contributed by atoms with Crippen LogP contribution in [0.3, 0.4) is 0 Å². The van der Waals surface area contributed by atoms with Crippen LogP contribution in [0.1, 0.15) is 32.5 Å². The van der Waals surface area contributed by atoms with Gasteiger partial charge >= 0.3 is 0 Å². The molecule has 0 spiro atoms. The van der Waals surface area contributed by atoms with Gasteiger partial charge in [0.15, 0.2) is 5.82 Å². The lowest BCUT2D eigenvalue weighted by atomic mass is 9.97. The molecule has 0 bridgehead atoms. The lowest BCUT2D eigenvalue weighted by molar-refractivity contribution is 0.167. The number of aromatic nitrogens is 2. The molecule has 1 N–H and O–H groups in total. The Labute approximate surface area is 108 Å². The van der Waals surface area contributed by atoms with Crippen molar-refractivity contribution in [2.24, 2.45) is 0 Å². The minimum absolute atomic E-state index is 0. The highest BCUT2D eigenvalue weighted by atomic mass is 35.5. The van der Waals surface area contributed by atoms with Gasteiger partial charge in [0.05, 0.1) is 6.54 Å². The smallest absolute Gasteiger partial charge is 0.232 e. The van der Waals surface area contributed by atoms with Gasteiger partial charge in [-0.25, -0.2) is 0 Å². The van der Waals surface area contributed by atoms with E-state index in [-0.39, 0.29) is 17.8 Å². The van der Waals surface area contributed by atoms with Crippen LogP contribution in [0.15, 0.2) is 4.52 Å². The molecule has 1 saturated heterocycles. The molecule has 1 aromatic rings. The summed E-state index contributed by atoms with van der Waals surface area (Å²) < 4.78 is 5.26. The summed E-state index contributed by atoms with van der Waals surface area (Å²) in [5.74, 6) is 1.49. The quantitative estimate of drug-likeness (QED) is 0.885. The van der Waals surface area contributed by atoms with Crippen molar-refractivity contribution >= 4 is 12.4 Å². The molecular weight excluding hydrogens is 240 g/mol. The number of nitrogens with zero attached hydrogens (tertiary/aromatic N) is 3. The predicted octanol–water partition coefficient (Wildman–Crippen LogP) is 1.19. The predicted molar refractivity (Wildman–Crippen MR) is 68.4 cm³/mol. The first kappa shape index (κ1) is 14.4. The van der Waals surface area contributed by atoms with Crippen molar-refractivity contribution in [1.82, 2.24) is 20.4 Å². The van der Waals surface area contributed by atoms with E-state index in [1.54, 1.807) is 0 Å². The van der Waals surface area contributed by atoms with E-state index in [1.165, 1.54) is 0 Å². The molecule has 0 amide bonds. The van der Waals surface area contributed by atoms with Crippen molar-refractivity contribution in [3.63, 3.8) is 0 Å². The largest absolute Gasteiger partial charge is 0.339 e. The van der Waals surface area contributed by atoms with Crippen LogP contribution in [0.4, 0.5) is 0 Å². The minimum Gasteiger partial charge on any atom is -0.339 e. The van der Waals surface area contributed by atoms with Crippen LogP contribution >= 0.6 is 12.4 Å². The van der Waals surface area contributed by atoms with Gasteiger partial charge in [0.2, 0.25) is 5.89 Å². The van der Waals surface area contributed by atoms with Crippen molar-refractivity contribution in [1.29, 1.82) is 0 Å². The fourth-order valence-electron chi connectivity index (χ4n) is 1.56. The van der Waals surface area contributed by atoms with E-state index in [2.05, 4.69) is 48.2 Å². The normalized spacial score (nSPS) is 16.8. The van der Waals surface area contributed by atoms with Gasteiger partial charge < -0.3 is 9.84 Å². The topological polar surface area (TPSA) is 54.2 Å². The molecule has 2 rings (SSSR count). The molecule has 1 aliphatic rings. The molecule has 1 fully saturated rings. The summed E-state index contributed by atoms with van der Waals surface area (Å²) in [6, 6.07) is 0.608. The third kappa shape index (κ3) is 3.40. The van der Waals surface area contributed by atoms with Gasteiger partial charge in [-0.2, -0.15) is 4.98 Å². The van der Waals surface area contributed by atoms with Crippen LogP contribution in [0.2, 0.25) is 0 Å². The van der Waals surface area contributed by atoms with E-state index in [0.717, 1.165) is 25.5 Å². The Morgan fingerprint density at radius 3 is 2.47 bits per heavy atom. The molecule has 0 aliphatic carbocycles. The summed E-state index contributed by atoms with van der Waals surface area (Å²) in [7, 11) is 2.10. The Kier molecular flexibility index (Phi) is 4.52. The molecule has 5 nitrogen and oxygen atoms in total. The molecule has 1 aromatic heterocycles. The maximum absolute atomic E-state index is 5.26. The summed E-state index contributed by atoms with van der Waals surface area (Å²) >= 11 is 0. The van der Waals surface area contributed by atoms with Crippen LogP contribution in [0.25, 0.3) is 0 Å². The second kappa shape index (κ2) is 5.33. The van der Waals surface area contributed by atoms with Gasteiger partial charge in [-0.1, -0.05) is 25.9 Å². The Hall–Kier alpha value is -0.650. The second-order valence-corrected chi connectivity index (χ2v) is 5.49. The first-order valence-electron chi connectivity index (χ1n) is 5.71. The van der Waals surface area contributed by atoms with E-state index in [0.29, 0.717) is 11.9 Å². The van der Waals surface area contributed by atoms with Crippen molar-refractivity contribution in [3.05, 3.63) is 11.7 Å². The van der Waals surface area contributed by atoms with Crippen molar-refractivity contribution < 1.29 is 4.52 Å². The van der Waals surface area contributed by atoms with Gasteiger partial charge in [-0.3, -0.25) is 4.90 Å². The molecule has 2 heterocycles. The Balaban J connectivity index is 0.00000144. The standard InChI is InChI=1S/C11H20N4O.ClH/c1-11(2,3)10-13-9(14-16-10)7-15(4)8-5-12-6-8;/h8,12H,5-7H2,1-4H3;1H. The molecular formula is C11H21ClN4O. The molecule has 0 radical (unpaired) electrons. The first-order valence-corrected chi connectivity index (χ1v) is 5.71. The fourth-order valence-corrected chi connectivity index (χ4v) is 1.56. The van der Waals surface area contributed by atoms with Gasteiger partial charge in [0, 0.05) is 24.5 Å². The summed E-state index contributed by atoms with van der Waals surface area (Å²) in [5, 5.41) is 7.27. The molecule has 0 aromatic carbocycles. The van der Waals surface area contributed by atoms with Crippen molar-refractivity contribution in [2.45, 2.75) is 38.8 Å². The third-order valence-corrected chi connectivity index (χ3v) is 2.88. The molecule has 6 heteroatoms. The highest BCUT2D eigenvalue weighted by Crippen LogP contribution is 2.20. The SMILES string of the molecule is CN(Cc1noc(C(C)(C)C)n1)C1CNC1.Cl. The van der Waals surface area contributed by atoms with E-state index in [9.17, 15) is 0 Å². The maximum atomic E-state index is 5.26. The number of rotatable bonds is 3. The van der Waals surface area contributed by atoms with E-state index in [4.69, 9.17) is 4.52 Å². The minimum atomic E-state index is -0.0676. The van der Waals surface area contributed by atoms with Gasteiger partial charge in [-0.05, 0) is 7.05 Å². The van der Waals surface area contributed by atoms with Crippen LogP contribution in [0, 0.1) is 0 Å². The molecule has 1 aliphatic heterocycles. The highest BCUT2D eigenvalue weighted by molar-refractivity contribution is 5.85. The van der Waals surface area contributed by atoms with Gasteiger partial charge in [0.25, 0.3) is 0 Å². The average Bonchev–Trinajstić information content (AvgIpc) is 2.47. The van der Waals surface area contributed by atoms with E-state index in [1.807, 2.05) is 0 Å². The van der Waals surface area contributed by atoms with E-state index < -0.39 is 0 Å². The molecule has 17 heavy (non-hydrogen) atoms. The monoisotopic (exact) mass is 260 g/mol. The lowest BCUT2D eigenvalue weighted by Gasteiger charge is -2.34. The Bertz CT molecular complexity index is 357. The van der Waals surface area contributed by atoms with Crippen molar-refractivity contribution in [2.75, 3.05) is 20.1 Å². The number of nitrogens with one attached hydrogen (secondary N) is 1. The van der Waals surface area contributed by atoms with Crippen LogP contribution in [-0.4, -0.2) is 41.2 Å². The molecule has 98 valence electrons. The molecule has 0 unspecified atom stereocenters. The highest BCUT2D eigenvalue weighted by Gasteiger charge is 2.25. The Morgan fingerprint density at radius 1 is 1.41 bits per heavy atom. The zero-order valence-electron chi connectivity index (χ0n) is 10.9. The lowest BCUT2D eigenvalue weighted by Crippen LogP contribution is -2.55. The zero-order valence-corrected chi connectivity index (χ0v) is 11.7. The van der Waals surface area contributed by atoms with Crippen molar-refractivity contribution in [3.8, 4) is 0 Å². The van der Waals surface area contributed by atoms with Gasteiger partial charge in [0.1, 0.15) is 0 Å². The number of hydrogen-bond donors (Lipinski definition) is 1. The number of likely N-dealkylation sites (N-methyl/N-ethyl adjacent to an activating group) is 1. The maximum Gasteiger partial charge on any atom is 0.232 e. The van der Waals surface area contributed by atoms with E-state index >= 15 is 0 Å². The number of hydrogen-bond acceptors (Lipinski definition) is 5. The molecule has 0 atom stereocenters. The van der Waals surface area contributed by atoms with Gasteiger partial charge in [-0.15, -0.1) is 12.4 Å². The first-order chi connectivity index (χ1) is 7.47. The summed E-state index contributed by atoms with van der Waals surface area (Å²) in [5.41, 5.74) is -0.0676. The summed E-state index contributed by atoms with van der Waals surface area (Å²) in [6.07, 6.45) is 0. The Morgan fingerprint density at radius 2 is 2.06 bits per heavy atom. The van der Waals surface area contributed by atoms with Crippen LogP contribution in [-0.2, 0) is 12.0 Å². The average molecular weight is 261 g/mol. The third-order valence-electron chi connectivity index (χ3n) is 2.88. The molecule has 0 saturated carbocycles. The van der Waals surface area contributed by atoms with Crippen LogP contribution < -0.4 is 5.32 Å². The number of halogens is 1. The fraction of sp³-hybridized carbons (Fsp3) is 0.818. The summed E-state index contributed by atoms with van der Waals surface area (Å²) in [4.78, 5) is 6.68. The zero-order chi connectivity index (χ0) is 11.8. The second-order valence-electron chi connectivity index (χ2n) is 5.49. The summed E-state index contributed by atoms with van der Waals surface area (Å²) in [6.45, 7) is 9.09.